The highest BCUT2D eigenvalue weighted by atomic mass is 16.3. The van der Waals surface area contributed by atoms with Gasteiger partial charge < -0.3 is 15.9 Å². The second-order valence-corrected chi connectivity index (χ2v) is 3.85. The molecule has 10 nitrogen and oxygen atoms in total. The van der Waals surface area contributed by atoms with Crippen LogP contribution in [0.2, 0.25) is 0 Å². The Morgan fingerprint density at radius 2 is 2.26 bits per heavy atom. The Morgan fingerprint density at radius 3 is 3.00 bits per heavy atom. The van der Waals surface area contributed by atoms with Gasteiger partial charge in [-0.05, 0) is 12.0 Å². The fourth-order valence-corrected chi connectivity index (χ4v) is 1.70. The molecule has 19 heavy (non-hydrogen) atoms. The van der Waals surface area contributed by atoms with Gasteiger partial charge in [-0.2, -0.15) is 5.10 Å². The van der Waals surface area contributed by atoms with E-state index in [1.807, 2.05) is 0 Å². The van der Waals surface area contributed by atoms with Crippen molar-refractivity contribution in [1.82, 2.24) is 20.2 Å². The minimum absolute atomic E-state index is 0.0762. The maximum atomic E-state index is 10.0. The Hall–Kier alpha value is -2.42. The number of aliphatic hydroxyl groups excluding tert-OH is 2. The van der Waals surface area contributed by atoms with Gasteiger partial charge in [0.15, 0.2) is 5.65 Å². The molecule has 2 aromatic heterocycles. The molecule has 0 aromatic carbocycles. The lowest BCUT2D eigenvalue weighted by Crippen LogP contribution is -2.20. The first-order chi connectivity index (χ1) is 9.15. The van der Waals surface area contributed by atoms with Gasteiger partial charge in [-0.1, -0.05) is 5.11 Å². The molecular formula is C9H12N8O2. The van der Waals surface area contributed by atoms with Crippen molar-refractivity contribution in [3.63, 3.8) is 0 Å². The minimum Gasteiger partial charge on any atom is -0.390 e. The summed E-state index contributed by atoms with van der Waals surface area (Å²) in [5, 5.41) is 29.9. The summed E-state index contributed by atoms with van der Waals surface area (Å²) in [6.07, 6.45) is -0.993. The van der Waals surface area contributed by atoms with Gasteiger partial charge in [0.1, 0.15) is 18.2 Å². The average Bonchev–Trinajstić information content (AvgIpc) is 2.83. The number of azide groups is 1. The highest BCUT2D eigenvalue weighted by Crippen LogP contribution is 2.26. The van der Waals surface area contributed by atoms with Crippen LogP contribution in [-0.4, -0.2) is 43.0 Å². The number of H-pyrrole nitrogens is 1. The first-order valence-corrected chi connectivity index (χ1v) is 5.46. The molecule has 0 spiro atoms. The van der Waals surface area contributed by atoms with Crippen LogP contribution < -0.4 is 5.73 Å². The number of aromatic amines is 1. The number of nitrogens with zero attached hydrogens (tertiary/aromatic N) is 6. The lowest BCUT2D eigenvalue weighted by Gasteiger charge is -2.15. The van der Waals surface area contributed by atoms with Crippen LogP contribution in [0.15, 0.2) is 11.4 Å². The van der Waals surface area contributed by atoms with Gasteiger partial charge in [-0.25, -0.2) is 9.97 Å². The third kappa shape index (κ3) is 2.55. The van der Waals surface area contributed by atoms with Crippen molar-refractivity contribution >= 4 is 16.9 Å². The summed E-state index contributed by atoms with van der Waals surface area (Å²) in [4.78, 5) is 10.3. The molecule has 0 saturated heterocycles. The third-order valence-electron chi connectivity index (χ3n) is 2.66. The van der Waals surface area contributed by atoms with E-state index in [0.29, 0.717) is 11.0 Å². The number of hydrogen-bond donors (Lipinski definition) is 4. The second kappa shape index (κ2) is 5.48. The topological polar surface area (TPSA) is 170 Å². The van der Waals surface area contributed by atoms with Gasteiger partial charge in [0.2, 0.25) is 0 Å². The first kappa shape index (κ1) is 13.0. The summed E-state index contributed by atoms with van der Waals surface area (Å²) in [7, 11) is 0. The zero-order valence-corrected chi connectivity index (χ0v) is 9.80. The van der Waals surface area contributed by atoms with Crippen LogP contribution in [0.1, 0.15) is 18.2 Å². The molecule has 2 heterocycles. The second-order valence-electron chi connectivity index (χ2n) is 3.85. The van der Waals surface area contributed by atoms with Gasteiger partial charge in [0.25, 0.3) is 0 Å². The molecule has 0 aliphatic rings. The number of fused-ring (bicyclic) bond motifs is 1. The molecule has 0 bridgehead atoms. The lowest BCUT2D eigenvalue weighted by molar-refractivity contribution is 0.0133. The van der Waals surface area contributed by atoms with Crippen LogP contribution in [0.3, 0.4) is 0 Å². The lowest BCUT2D eigenvalue weighted by atomic mass is 10.1. The minimum atomic E-state index is -1.24. The van der Waals surface area contributed by atoms with Crippen molar-refractivity contribution in [1.29, 1.82) is 0 Å². The zero-order valence-electron chi connectivity index (χ0n) is 9.80. The van der Waals surface area contributed by atoms with Crippen LogP contribution >= 0.6 is 0 Å². The average molecular weight is 264 g/mol. The van der Waals surface area contributed by atoms with Gasteiger partial charge in [-0.3, -0.25) is 5.10 Å². The summed E-state index contributed by atoms with van der Waals surface area (Å²) < 4.78 is 0. The number of aliphatic hydroxyl groups is 2. The number of rotatable bonds is 5. The monoisotopic (exact) mass is 264 g/mol. The van der Waals surface area contributed by atoms with Gasteiger partial charge in [0, 0.05) is 11.5 Å². The first-order valence-electron chi connectivity index (χ1n) is 5.46. The van der Waals surface area contributed by atoms with Crippen LogP contribution in [0.25, 0.3) is 21.5 Å². The highest BCUT2D eigenvalue weighted by molar-refractivity contribution is 5.87. The van der Waals surface area contributed by atoms with E-state index < -0.39 is 12.2 Å². The number of anilines is 1. The summed E-state index contributed by atoms with van der Waals surface area (Å²) in [5.41, 5.74) is 14.4. The molecule has 5 N–H and O–H groups in total. The molecule has 0 amide bonds. The molecule has 0 fully saturated rings. The van der Waals surface area contributed by atoms with Gasteiger partial charge >= 0.3 is 0 Å². The quantitative estimate of drug-likeness (QED) is 0.337. The summed E-state index contributed by atoms with van der Waals surface area (Å²) >= 11 is 0. The molecule has 0 saturated carbocycles. The van der Waals surface area contributed by atoms with Gasteiger partial charge in [-0.15, -0.1) is 0 Å². The normalized spacial score (nSPS) is 14.0. The summed E-state index contributed by atoms with van der Waals surface area (Å²) in [6, 6.07) is 0. The molecule has 0 aliphatic carbocycles. The van der Waals surface area contributed by atoms with Crippen molar-refractivity contribution in [3.8, 4) is 0 Å². The van der Waals surface area contributed by atoms with Crippen molar-refractivity contribution in [2.75, 3.05) is 12.3 Å². The number of nitrogens with one attached hydrogen (secondary N) is 1. The van der Waals surface area contributed by atoms with E-state index in [-0.39, 0.29) is 24.5 Å². The molecule has 100 valence electrons. The van der Waals surface area contributed by atoms with Crippen molar-refractivity contribution in [2.24, 2.45) is 5.11 Å². The van der Waals surface area contributed by atoms with Gasteiger partial charge in [0.05, 0.1) is 17.2 Å². The van der Waals surface area contributed by atoms with Crippen LogP contribution in [0, 0.1) is 0 Å². The van der Waals surface area contributed by atoms with E-state index in [2.05, 4.69) is 30.2 Å². The number of nitrogens with two attached hydrogens (primary N) is 1. The molecule has 2 rings (SSSR count). The Balaban J connectivity index is 2.26. The molecule has 2 aromatic rings. The zero-order chi connectivity index (χ0) is 13.8. The largest absolute Gasteiger partial charge is 0.390 e. The van der Waals surface area contributed by atoms with Crippen LogP contribution in [0.4, 0.5) is 5.82 Å². The SMILES string of the molecule is [N-]=[N+]=NCCC(O)C(O)c1[nH]nc2ncnc(N)c12. The smallest absolute Gasteiger partial charge is 0.186 e. The van der Waals surface area contributed by atoms with E-state index in [4.69, 9.17) is 11.3 Å². The molecule has 2 atom stereocenters. The predicted molar refractivity (Wildman–Crippen MR) is 65.7 cm³/mol. The summed E-state index contributed by atoms with van der Waals surface area (Å²) in [6.45, 7) is 0.0762. The Kier molecular flexibility index (Phi) is 3.76. The fraction of sp³-hybridized carbons (Fsp3) is 0.444. The van der Waals surface area contributed by atoms with E-state index in [9.17, 15) is 10.2 Å². The van der Waals surface area contributed by atoms with E-state index in [1.165, 1.54) is 6.33 Å². The number of hydrogen-bond acceptors (Lipinski definition) is 7. The van der Waals surface area contributed by atoms with Crippen molar-refractivity contribution in [2.45, 2.75) is 18.6 Å². The molecular weight excluding hydrogens is 252 g/mol. The molecule has 10 heteroatoms. The van der Waals surface area contributed by atoms with E-state index in [1.54, 1.807) is 0 Å². The Morgan fingerprint density at radius 1 is 1.47 bits per heavy atom. The standard InChI is InChI=1S/C9H12N8O2/c10-8-5-6(15-16-9(5)13-3-12-8)7(19)4(18)1-2-14-17-11/h3-4,7,18-19H,1-2H2,(H3,10,12,13,15,16). The molecule has 2 unspecified atom stereocenters. The maximum Gasteiger partial charge on any atom is 0.186 e. The fourth-order valence-electron chi connectivity index (χ4n) is 1.70. The number of aromatic nitrogens is 4. The molecule has 0 aliphatic heterocycles. The molecule has 0 radical (unpaired) electrons. The maximum absolute atomic E-state index is 10.0. The van der Waals surface area contributed by atoms with E-state index >= 15 is 0 Å². The predicted octanol–water partition coefficient (Wildman–Crippen LogP) is 0.0298. The third-order valence-corrected chi connectivity index (χ3v) is 2.66. The van der Waals surface area contributed by atoms with E-state index in [0.717, 1.165) is 0 Å². The van der Waals surface area contributed by atoms with Crippen molar-refractivity contribution < 1.29 is 10.2 Å². The van der Waals surface area contributed by atoms with Crippen LogP contribution in [-0.2, 0) is 0 Å². The Labute approximate surface area is 106 Å². The highest BCUT2D eigenvalue weighted by Gasteiger charge is 2.24. The van der Waals surface area contributed by atoms with Crippen molar-refractivity contribution in [3.05, 3.63) is 22.5 Å². The Bertz CT molecular complexity index is 620. The number of nitrogen functional groups attached to an aromatic ring is 1. The summed E-state index contributed by atoms with van der Waals surface area (Å²) in [5.74, 6) is 0.162. The van der Waals surface area contributed by atoms with Crippen LogP contribution in [0.5, 0.6) is 0 Å².